The summed E-state index contributed by atoms with van der Waals surface area (Å²) in [4.78, 5) is 17.5. The topological polar surface area (TPSA) is 87.5 Å². The summed E-state index contributed by atoms with van der Waals surface area (Å²) in [6.07, 6.45) is 1.54. The third-order valence-electron chi connectivity index (χ3n) is 4.57. The highest BCUT2D eigenvalue weighted by Gasteiger charge is 2.37. The molecular weight excluding hydrogens is 360 g/mol. The maximum Gasteiger partial charge on any atom is 0.338 e. The van der Waals surface area contributed by atoms with Crippen LogP contribution in [0.25, 0.3) is 0 Å². The second-order valence-corrected chi connectivity index (χ2v) is 6.40. The molecule has 1 atom stereocenters. The number of para-hydroxylation sites is 1. The number of carbonyl (C=O) groups is 1. The average molecular weight is 386 g/mol. The molecule has 1 aliphatic rings. The van der Waals surface area contributed by atoms with Gasteiger partial charge in [0.05, 0.1) is 26.4 Å². The number of ether oxygens (including phenoxy) is 3. The average Bonchev–Trinajstić information content (AvgIpc) is 3.06. The predicted molar refractivity (Wildman–Crippen MR) is 105 cm³/mol. The highest BCUT2D eigenvalue weighted by molar-refractivity contribution is 5.92. The Morgan fingerprint density at radius 2 is 2.04 bits per heavy atom. The van der Waals surface area contributed by atoms with Gasteiger partial charge in [-0.2, -0.15) is 10.1 Å². The molecule has 2 heterocycles. The number of nitrogens with zero attached hydrogens (tertiary/aromatic N) is 3. The van der Waals surface area contributed by atoms with Crippen LogP contribution in [0.2, 0.25) is 0 Å². The SMILES string of the molecule is CCCC1=C(C(=O)OCC)[C@@H](c2cccc(OC)c2OC)n2nc(C)nc2N1. The molecule has 8 heteroatoms. The van der Waals surface area contributed by atoms with Crippen molar-refractivity contribution in [2.75, 3.05) is 26.1 Å². The first kappa shape index (κ1) is 19.7. The first-order valence-electron chi connectivity index (χ1n) is 9.36. The molecule has 150 valence electrons. The van der Waals surface area contributed by atoms with Crippen LogP contribution in [0.5, 0.6) is 11.5 Å². The number of allylic oxidation sites excluding steroid dienone is 1. The van der Waals surface area contributed by atoms with Gasteiger partial charge in [0.2, 0.25) is 5.95 Å². The molecule has 0 aliphatic carbocycles. The summed E-state index contributed by atoms with van der Waals surface area (Å²) >= 11 is 0. The number of anilines is 1. The van der Waals surface area contributed by atoms with Crippen LogP contribution >= 0.6 is 0 Å². The molecule has 1 aromatic carbocycles. The summed E-state index contributed by atoms with van der Waals surface area (Å²) in [6, 6.07) is 5.05. The second-order valence-electron chi connectivity index (χ2n) is 6.40. The molecule has 0 bridgehead atoms. The number of hydrogen-bond acceptors (Lipinski definition) is 7. The lowest BCUT2D eigenvalue weighted by Crippen LogP contribution is -2.30. The Balaban J connectivity index is 2.28. The second kappa shape index (κ2) is 8.33. The molecule has 3 rings (SSSR count). The summed E-state index contributed by atoms with van der Waals surface area (Å²) in [5.74, 6) is 1.94. The predicted octanol–water partition coefficient (Wildman–Crippen LogP) is 3.24. The van der Waals surface area contributed by atoms with E-state index in [1.165, 1.54) is 0 Å². The van der Waals surface area contributed by atoms with Crippen LogP contribution in [0.15, 0.2) is 29.5 Å². The van der Waals surface area contributed by atoms with E-state index in [4.69, 9.17) is 14.2 Å². The Bertz CT molecular complexity index is 904. The number of fused-ring (bicyclic) bond motifs is 1. The van der Waals surface area contributed by atoms with Gasteiger partial charge in [-0.25, -0.2) is 9.48 Å². The largest absolute Gasteiger partial charge is 0.493 e. The fourth-order valence-electron chi connectivity index (χ4n) is 3.49. The lowest BCUT2D eigenvalue weighted by atomic mass is 9.93. The molecule has 0 saturated heterocycles. The van der Waals surface area contributed by atoms with Crippen LogP contribution in [-0.4, -0.2) is 41.6 Å². The number of esters is 1. The van der Waals surface area contributed by atoms with E-state index < -0.39 is 6.04 Å². The van der Waals surface area contributed by atoms with Gasteiger partial charge < -0.3 is 19.5 Å². The van der Waals surface area contributed by atoms with Crippen LogP contribution in [0.4, 0.5) is 5.95 Å². The van der Waals surface area contributed by atoms with Crippen molar-refractivity contribution in [3.8, 4) is 11.5 Å². The number of rotatable bonds is 7. The summed E-state index contributed by atoms with van der Waals surface area (Å²) in [5.41, 5.74) is 2.05. The van der Waals surface area contributed by atoms with Gasteiger partial charge in [-0.3, -0.25) is 0 Å². The third kappa shape index (κ3) is 3.42. The molecule has 0 amide bonds. The van der Waals surface area contributed by atoms with E-state index in [0.29, 0.717) is 35.3 Å². The number of carbonyl (C=O) groups excluding carboxylic acids is 1. The van der Waals surface area contributed by atoms with Crippen molar-refractivity contribution in [1.29, 1.82) is 0 Å². The van der Waals surface area contributed by atoms with Gasteiger partial charge in [0.15, 0.2) is 11.5 Å². The minimum Gasteiger partial charge on any atom is -0.493 e. The highest BCUT2D eigenvalue weighted by atomic mass is 16.5. The van der Waals surface area contributed by atoms with Gasteiger partial charge in [0.1, 0.15) is 11.9 Å². The Morgan fingerprint density at radius 3 is 2.68 bits per heavy atom. The first-order valence-corrected chi connectivity index (χ1v) is 9.36. The van der Waals surface area contributed by atoms with Gasteiger partial charge in [-0.15, -0.1) is 0 Å². The zero-order valence-electron chi connectivity index (χ0n) is 16.9. The van der Waals surface area contributed by atoms with Crippen LogP contribution < -0.4 is 14.8 Å². The zero-order chi connectivity index (χ0) is 20.3. The van der Waals surface area contributed by atoms with Crippen molar-refractivity contribution in [2.24, 2.45) is 0 Å². The Hall–Kier alpha value is -3.03. The molecule has 0 saturated carbocycles. The van der Waals surface area contributed by atoms with Gasteiger partial charge in [-0.1, -0.05) is 25.5 Å². The number of aryl methyl sites for hydroxylation is 1. The lowest BCUT2D eigenvalue weighted by molar-refractivity contribution is -0.139. The van der Waals surface area contributed by atoms with Gasteiger partial charge in [-0.05, 0) is 26.3 Å². The number of nitrogens with one attached hydrogen (secondary N) is 1. The van der Waals surface area contributed by atoms with E-state index in [2.05, 4.69) is 22.3 Å². The molecule has 28 heavy (non-hydrogen) atoms. The fraction of sp³-hybridized carbons (Fsp3) is 0.450. The van der Waals surface area contributed by atoms with Crippen molar-refractivity contribution < 1.29 is 19.0 Å². The number of benzene rings is 1. The smallest absolute Gasteiger partial charge is 0.338 e. The molecule has 0 radical (unpaired) electrons. The summed E-state index contributed by atoms with van der Waals surface area (Å²) in [6.45, 7) is 5.95. The Kier molecular flexibility index (Phi) is 5.87. The molecule has 2 aromatic rings. The molecular formula is C20H26N4O4. The van der Waals surface area contributed by atoms with Crippen molar-refractivity contribution in [3.63, 3.8) is 0 Å². The summed E-state index contributed by atoms with van der Waals surface area (Å²) < 4.78 is 18.2. The van der Waals surface area contributed by atoms with Gasteiger partial charge in [0.25, 0.3) is 0 Å². The molecule has 1 aromatic heterocycles. The van der Waals surface area contributed by atoms with E-state index >= 15 is 0 Å². The molecule has 0 fully saturated rings. The molecule has 1 aliphatic heterocycles. The highest BCUT2D eigenvalue weighted by Crippen LogP contribution is 2.43. The maximum absolute atomic E-state index is 13.0. The molecule has 8 nitrogen and oxygen atoms in total. The quantitative estimate of drug-likeness (QED) is 0.731. The van der Waals surface area contributed by atoms with Crippen molar-refractivity contribution in [2.45, 2.75) is 39.7 Å². The zero-order valence-corrected chi connectivity index (χ0v) is 16.9. The van der Waals surface area contributed by atoms with Crippen LogP contribution in [0.3, 0.4) is 0 Å². The van der Waals surface area contributed by atoms with Crippen LogP contribution in [0.1, 0.15) is 44.1 Å². The van der Waals surface area contributed by atoms with E-state index in [9.17, 15) is 4.79 Å². The summed E-state index contributed by atoms with van der Waals surface area (Å²) in [5, 5.41) is 7.80. The molecule has 1 N–H and O–H groups in total. The van der Waals surface area contributed by atoms with Crippen LogP contribution in [-0.2, 0) is 9.53 Å². The monoisotopic (exact) mass is 386 g/mol. The maximum atomic E-state index is 13.0. The van der Waals surface area contributed by atoms with Gasteiger partial charge >= 0.3 is 5.97 Å². The number of aromatic nitrogens is 3. The minimum atomic E-state index is -0.539. The normalized spacial score (nSPS) is 15.7. The van der Waals surface area contributed by atoms with Crippen molar-refractivity contribution in [1.82, 2.24) is 14.8 Å². The minimum absolute atomic E-state index is 0.285. The Labute approximate surface area is 164 Å². The Morgan fingerprint density at radius 1 is 1.25 bits per heavy atom. The summed E-state index contributed by atoms with van der Waals surface area (Å²) in [7, 11) is 3.16. The first-order chi connectivity index (χ1) is 13.5. The van der Waals surface area contributed by atoms with E-state index in [0.717, 1.165) is 17.7 Å². The van der Waals surface area contributed by atoms with Crippen LogP contribution in [0, 0.1) is 6.92 Å². The van der Waals surface area contributed by atoms with E-state index in [1.54, 1.807) is 25.8 Å². The van der Waals surface area contributed by atoms with Gasteiger partial charge in [0, 0.05) is 11.3 Å². The number of methoxy groups -OCH3 is 2. The standard InChI is InChI=1S/C20H26N4O4/c1-6-9-14-16(19(25)28-7-2)17(24-20(22-14)21-12(3)23-24)13-10-8-11-15(26-4)18(13)27-5/h8,10-11,17H,6-7,9H2,1-5H3,(H,21,22,23)/t17-/m1/s1. The molecule has 0 spiro atoms. The number of hydrogen-bond donors (Lipinski definition) is 1. The molecule has 0 unspecified atom stereocenters. The van der Waals surface area contributed by atoms with E-state index in [-0.39, 0.29) is 12.6 Å². The van der Waals surface area contributed by atoms with Crippen molar-refractivity contribution >= 4 is 11.9 Å². The lowest BCUT2D eigenvalue weighted by Gasteiger charge is -2.30. The fourth-order valence-corrected chi connectivity index (χ4v) is 3.49. The third-order valence-corrected chi connectivity index (χ3v) is 4.57. The van der Waals surface area contributed by atoms with Crippen molar-refractivity contribution in [3.05, 3.63) is 40.9 Å². The van der Waals surface area contributed by atoms with E-state index in [1.807, 2.05) is 25.1 Å².